The second kappa shape index (κ2) is 5.99. The van der Waals surface area contributed by atoms with Crippen LogP contribution < -0.4 is 0 Å². The molecule has 128 valence electrons. The number of Topliss-reactive ketones (excluding diaryl/α,β-unsaturated/α-hetero) is 1. The van der Waals surface area contributed by atoms with Gasteiger partial charge in [0.1, 0.15) is 0 Å². The van der Waals surface area contributed by atoms with Gasteiger partial charge in [-0.2, -0.15) is 0 Å². The van der Waals surface area contributed by atoms with Crippen molar-refractivity contribution in [3.63, 3.8) is 0 Å². The third-order valence-corrected chi connectivity index (χ3v) is 5.38. The van der Waals surface area contributed by atoms with E-state index < -0.39 is 0 Å². The van der Waals surface area contributed by atoms with E-state index in [1.165, 1.54) is 0 Å². The van der Waals surface area contributed by atoms with Crippen molar-refractivity contribution < 1.29 is 14.4 Å². The van der Waals surface area contributed by atoms with Crippen LogP contribution in [0, 0.1) is 11.8 Å². The number of H-pyrrole nitrogens is 1. The van der Waals surface area contributed by atoms with E-state index in [-0.39, 0.29) is 36.0 Å². The number of para-hydroxylation sites is 1. The summed E-state index contributed by atoms with van der Waals surface area (Å²) >= 11 is 0. The van der Waals surface area contributed by atoms with E-state index in [9.17, 15) is 14.4 Å². The molecule has 2 amide bonds. The van der Waals surface area contributed by atoms with Crippen LogP contribution >= 0.6 is 0 Å². The number of imide groups is 1. The molecule has 1 N–H and O–H groups in total. The molecule has 1 aromatic heterocycles. The lowest BCUT2D eigenvalue weighted by molar-refractivity contribution is -0.139. The Hall–Kier alpha value is -2.69. The lowest BCUT2D eigenvalue weighted by Crippen LogP contribution is -2.36. The number of rotatable bonds is 4. The van der Waals surface area contributed by atoms with Crippen molar-refractivity contribution in [2.24, 2.45) is 11.8 Å². The van der Waals surface area contributed by atoms with E-state index in [1.54, 1.807) is 6.20 Å². The summed E-state index contributed by atoms with van der Waals surface area (Å²) in [5.41, 5.74) is 2.63. The number of hydrogen-bond acceptors (Lipinski definition) is 3. The van der Waals surface area contributed by atoms with E-state index in [4.69, 9.17) is 0 Å². The number of likely N-dealkylation sites (tertiary alicyclic amines) is 1. The van der Waals surface area contributed by atoms with Crippen LogP contribution in [0.3, 0.4) is 0 Å². The van der Waals surface area contributed by atoms with E-state index in [2.05, 4.69) is 11.9 Å². The third-order valence-electron chi connectivity index (χ3n) is 5.38. The molecule has 2 atom stereocenters. The highest BCUT2D eigenvalue weighted by Crippen LogP contribution is 2.35. The SMILES string of the molecule is CCc1cccc2c(C(=O)CN3C(=O)C4CC=CCC4C3=O)c[nH]c12. The molecule has 5 heteroatoms. The number of nitrogens with zero attached hydrogens (tertiary/aromatic N) is 1. The number of amides is 2. The zero-order valence-electron chi connectivity index (χ0n) is 14.1. The van der Waals surface area contributed by atoms with Gasteiger partial charge in [0.15, 0.2) is 5.78 Å². The van der Waals surface area contributed by atoms with Gasteiger partial charge in [0.2, 0.25) is 11.8 Å². The topological polar surface area (TPSA) is 70.2 Å². The molecular weight excluding hydrogens is 316 g/mol. The lowest BCUT2D eigenvalue weighted by Gasteiger charge is -2.14. The Kier molecular flexibility index (Phi) is 3.79. The quantitative estimate of drug-likeness (QED) is 0.530. The molecule has 2 heterocycles. The van der Waals surface area contributed by atoms with E-state index in [0.717, 1.165) is 27.8 Å². The maximum absolute atomic E-state index is 12.8. The smallest absolute Gasteiger partial charge is 0.233 e. The average Bonchev–Trinajstić information content (AvgIpc) is 3.17. The summed E-state index contributed by atoms with van der Waals surface area (Å²) in [5, 5.41) is 0.850. The molecule has 0 saturated carbocycles. The largest absolute Gasteiger partial charge is 0.360 e. The van der Waals surface area contributed by atoms with E-state index in [0.29, 0.717) is 18.4 Å². The molecule has 5 nitrogen and oxygen atoms in total. The van der Waals surface area contributed by atoms with Gasteiger partial charge in [-0.25, -0.2) is 0 Å². The van der Waals surface area contributed by atoms with Crippen LogP contribution in [0.1, 0.15) is 35.7 Å². The van der Waals surface area contributed by atoms with Crippen molar-refractivity contribution >= 4 is 28.5 Å². The predicted molar refractivity (Wildman–Crippen MR) is 94.1 cm³/mol. The Labute approximate surface area is 145 Å². The number of aromatic amines is 1. The van der Waals surface area contributed by atoms with E-state index in [1.807, 2.05) is 30.4 Å². The fraction of sp³-hybridized carbons (Fsp3) is 0.350. The number of fused-ring (bicyclic) bond motifs is 2. The van der Waals surface area contributed by atoms with Crippen molar-refractivity contribution in [1.29, 1.82) is 0 Å². The monoisotopic (exact) mass is 336 g/mol. The van der Waals surface area contributed by atoms with Crippen LogP contribution in [0.4, 0.5) is 0 Å². The molecule has 0 spiro atoms. The molecular formula is C20H20N2O3. The molecule has 2 unspecified atom stereocenters. The van der Waals surface area contributed by atoms with Crippen LogP contribution in [-0.2, 0) is 16.0 Å². The summed E-state index contributed by atoms with van der Waals surface area (Å²) in [6, 6.07) is 5.85. The number of carbonyl (C=O) groups is 3. The Bertz CT molecular complexity index is 883. The number of aromatic nitrogens is 1. The lowest BCUT2D eigenvalue weighted by atomic mass is 9.85. The van der Waals surface area contributed by atoms with Gasteiger partial charge >= 0.3 is 0 Å². The minimum atomic E-state index is -0.292. The normalized spacial score (nSPS) is 22.7. The number of hydrogen-bond donors (Lipinski definition) is 1. The third kappa shape index (κ3) is 2.42. The van der Waals surface area contributed by atoms with Crippen molar-refractivity contribution in [1.82, 2.24) is 9.88 Å². The molecule has 0 bridgehead atoms. The van der Waals surface area contributed by atoms with Crippen LogP contribution in [0.5, 0.6) is 0 Å². The Morgan fingerprint density at radius 1 is 1.16 bits per heavy atom. The minimum Gasteiger partial charge on any atom is -0.360 e. The fourth-order valence-corrected chi connectivity index (χ4v) is 4.00. The van der Waals surface area contributed by atoms with Gasteiger partial charge in [-0.1, -0.05) is 37.3 Å². The molecule has 2 aromatic rings. The second-order valence-corrected chi connectivity index (χ2v) is 6.74. The van der Waals surface area contributed by atoms with Crippen LogP contribution in [0.15, 0.2) is 36.5 Å². The molecule has 1 aliphatic heterocycles. The number of aryl methyl sites for hydroxylation is 1. The summed E-state index contributed by atoms with van der Waals surface area (Å²) in [5.74, 6) is -1.20. The zero-order chi connectivity index (χ0) is 17.6. The number of carbonyl (C=O) groups excluding carboxylic acids is 3. The van der Waals surface area contributed by atoms with Gasteiger partial charge in [0, 0.05) is 22.7 Å². The molecule has 2 aliphatic rings. The minimum absolute atomic E-state index is 0.173. The van der Waals surface area contributed by atoms with Crippen molar-refractivity contribution in [2.75, 3.05) is 6.54 Å². The van der Waals surface area contributed by atoms with Crippen molar-refractivity contribution in [3.05, 3.63) is 47.7 Å². The van der Waals surface area contributed by atoms with Crippen LogP contribution in [-0.4, -0.2) is 34.0 Å². The summed E-state index contributed by atoms with van der Waals surface area (Å²) in [4.78, 5) is 42.2. The highest BCUT2D eigenvalue weighted by molar-refractivity contribution is 6.14. The van der Waals surface area contributed by atoms with Crippen LogP contribution in [0.25, 0.3) is 10.9 Å². The highest BCUT2D eigenvalue weighted by Gasteiger charge is 2.47. The highest BCUT2D eigenvalue weighted by atomic mass is 16.2. The van der Waals surface area contributed by atoms with Crippen molar-refractivity contribution in [3.8, 4) is 0 Å². The first-order valence-electron chi connectivity index (χ1n) is 8.74. The summed E-state index contributed by atoms with van der Waals surface area (Å²) < 4.78 is 0. The number of nitrogens with one attached hydrogen (secondary N) is 1. The van der Waals surface area contributed by atoms with Gasteiger partial charge in [-0.3, -0.25) is 19.3 Å². The van der Waals surface area contributed by atoms with Crippen molar-refractivity contribution in [2.45, 2.75) is 26.2 Å². The first-order chi connectivity index (χ1) is 12.1. The van der Waals surface area contributed by atoms with Crippen LogP contribution in [0.2, 0.25) is 0 Å². The molecule has 0 radical (unpaired) electrons. The van der Waals surface area contributed by atoms with Gasteiger partial charge in [-0.15, -0.1) is 0 Å². The number of ketones is 1. The standard InChI is InChI=1S/C20H20N2O3/c1-2-12-6-5-9-13-16(10-21-18(12)13)17(23)11-22-19(24)14-7-3-4-8-15(14)20(22)25/h3-6,9-10,14-15,21H,2,7-8,11H2,1H3. The average molecular weight is 336 g/mol. The molecule has 1 saturated heterocycles. The van der Waals surface area contributed by atoms with Gasteiger partial charge in [0.25, 0.3) is 0 Å². The summed E-state index contributed by atoms with van der Waals surface area (Å²) in [6.45, 7) is 1.89. The predicted octanol–water partition coefficient (Wildman–Crippen LogP) is 2.86. The Morgan fingerprint density at radius 3 is 2.48 bits per heavy atom. The Morgan fingerprint density at radius 2 is 1.84 bits per heavy atom. The second-order valence-electron chi connectivity index (χ2n) is 6.74. The molecule has 1 aliphatic carbocycles. The number of benzene rings is 1. The van der Waals surface area contributed by atoms with Gasteiger partial charge in [-0.05, 0) is 24.8 Å². The summed E-state index contributed by atoms with van der Waals surface area (Å²) in [6.07, 6.45) is 7.63. The maximum Gasteiger partial charge on any atom is 0.233 e. The summed E-state index contributed by atoms with van der Waals surface area (Å²) in [7, 11) is 0. The van der Waals surface area contributed by atoms with E-state index >= 15 is 0 Å². The zero-order valence-corrected chi connectivity index (χ0v) is 14.1. The fourth-order valence-electron chi connectivity index (χ4n) is 4.00. The number of allylic oxidation sites excluding steroid dienone is 2. The molecule has 25 heavy (non-hydrogen) atoms. The Balaban J connectivity index is 1.61. The first kappa shape index (κ1) is 15.8. The van der Waals surface area contributed by atoms with Gasteiger partial charge in [0.05, 0.1) is 18.4 Å². The molecule has 4 rings (SSSR count). The first-order valence-corrected chi connectivity index (χ1v) is 8.74. The molecule has 1 fully saturated rings. The van der Waals surface area contributed by atoms with Gasteiger partial charge < -0.3 is 4.98 Å². The molecule has 1 aromatic carbocycles. The maximum atomic E-state index is 12.8.